The van der Waals surface area contributed by atoms with Crippen LogP contribution in [-0.2, 0) is 19.1 Å². The number of carbonyl (C=O) groups excluding carboxylic acids is 1. The van der Waals surface area contributed by atoms with Gasteiger partial charge in [-0.05, 0) is 71.1 Å². The molecule has 1 unspecified atom stereocenters. The van der Waals surface area contributed by atoms with Crippen molar-refractivity contribution in [3.63, 3.8) is 0 Å². The first kappa shape index (κ1) is 26.3. The molecule has 0 saturated heterocycles. The second kappa shape index (κ2) is 10.4. The first-order valence-corrected chi connectivity index (χ1v) is 12.2. The molecule has 0 N–H and O–H groups in total. The standard InChI is InChI=1S/C29H24F4N4O2/c1-17(19-11-21(29(31,32)33)14-22(30)12-19)20-13-26(36-35-15-20)27-24-8-10-37(28(38)25(24)7-9-34-27)16-18-3-5-23(39-2)6-4-18/h3-7,9,11-15,17H,8,10,16H2,1-2H3. The van der Waals surface area contributed by atoms with Crippen LogP contribution in [0.3, 0.4) is 0 Å². The summed E-state index contributed by atoms with van der Waals surface area (Å²) >= 11 is 0. The molecular weight excluding hydrogens is 512 g/mol. The van der Waals surface area contributed by atoms with Gasteiger partial charge in [0, 0.05) is 30.8 Å². The van der Waals surface area contributed by atoms with Gasteiger partial charge in [-0.15, -0.1) is 5.10 Å². The number of halogens is 4. The molecule has 1 aliphatic heterocycles. The van der Waals surface area contributed by atoms with Crippen molar-refractivity contribution in [2.75, 3.05) is 13.7 Å². The van der Waals surface area contributed by atoms with Crippen LogP contribution in [0.5, 0.6) is 5.75 Å². The molecule has 0 bridgehead atoms. The van der Waals surface area contributed by atoms with E-state index >= 15 is 0 Å². The Morgan fingerprint density at radius 1 is 1.05 bits per heavy atom. The van der Waals surface area contributed by atoms with E-state index in [1.807, 2.05) is 24.3 Å². The maximum absolute atomic E-state index is 14.0. The first-order valence-electron chi connectivity index (χ1n) is 12.2. The van der Waals surface area contributed by atoms with Crippen LogP contribution in [0.15, 0.2) is 67.0 Å². The Hall–Kier alpha value is -4.34. The fourth-order valence-corrected chi connectivity index (χ4v) is 4.74. The topological polar surface area (TPSA) is 68.2 Å². The van der Waals surface area contributed by atoms with Crippen LogP contribution < -0.4 is 4.74 Å². The summed E-state index contributed by atoms with van der Waals surface area (Å²) in [5, 5.41) is 8.24. The van der Waals surface area contributed by atoms with Gasteiger partial charge in [-0.25, -0.2) is 4.39 Å². The van der Waals surface area contributed by atoms with Crippen molar-refractivity contribution in [1.29, 1.82) is 0 Å². The smallest absolute Gasteiger partial charge is 0.416 e. The van der Waals surface area contributed by atoms with E-state index in [0.29, 0.717) is 48.1 Å². The fraction of sp³-hybridized carbons (Fsp3) is 0.241. The Labute approximate surface area is 222 Å². The van der Waals surface area contributed by atoms with E-state index in [1.54, 1.807) is 31.1 Å². The van der Waals surface area contributed by atoms with Gasteiger partial charge >= 0.3 is 6.18 Å². The number of fused-ring (bicyclic) bond motifs is 1. The van der Waals surface area contributed by atoms with E-state index in [1.165, 1.54) is 12.4 Å². The molecule has 4 aromatic rings. The van der Waals surface area contributed by atoms with Gasteiger partial charge in [0.25, 0.3) is 5.91 Å². The fourth-order valence-electron chi connectivity index (χ4n) is 4.74. The van der Waals surface area contributed by atoms with E-state index in [2.05, 4.69) is 15.2 Å². The maximum atomic E-state index is 14.0. The van der Waals surface area contributed by atoms with Crippen LogP contribution >= 0.6 is 0 Å². The summed E-state index contributed by atoms with van der Waals surface area (Å²) in [6, 6.07) is 13.4. The summed E-state index contributed by atoms with van der Waals surface area (Å²) in [5.41, 5.74) is 2.75. The van der Waals surface area contributed by atoms with Crippen LogP contribution in [-0.4, -0.2) is 39.6 Å². The summed E-state index contributed by atoms with van der Waals surface area (Å²) < 4.78 is 58.9. The number of alkyl halides is 3. The number of ether oxygens (including phenoxy) is 1. The Bertz CT molecular complexity index is 1520. The van der Waals surface area contributed by atoms with E-state index in [9.17, 15) is 22.4 Å². The second-order valence-electron chi connectivity index (χ2n) is 9.38. The molecule has 2 aromatic carbocycles. The van der Waals surface area contributed by atoms with E-state index < -0.39 is 23.5 Å². The molecule has 1 aliphatic rings. The lowest BCUT2D eigenvalue weighted by atomic mass is 9.91. The van der Waals surface area contributed by atoms with E-state index in [0.717, 1.165) is 29.0 Å². The lowest BCUT2D eigenvalue weighted by Gasteiger charge is -2.29. The van der Waals surface area contributed by atoms with Gasteiger partial charge in [0.2, 0.25) is 0 Å². The molecule has 0 fully saturated rings. The Morgan fingerprint density at radius 2 is 1.82 bits per heavy atom. The zero-order valence-electron chi connectivity index (χ0n) is 21.2. The molecule has 200 valence electrons. The minimum atomic E-state index is -4.67. The number of amides is 1. The molecule has 6 nitrogen and oxygen atoms in total. The van der Waals surface area contributed by atoms with Gasteiger partial charge < -0.3 is 9.64 Å². The van der Waals surface area contributed by atoms with Crippen LogP contribution in [0.25, 0.3) is 11.4 Å². The quantitative estimate of drug-likeness (QED) is 0.281. The summed E-state index contributed by atoms with van der Waals surface area (Å²) in [6.07, 6.45) is -1.16. The van der Waals surface area contributed by atoms with Gasteiger partial charge in [0.05, 0.1) is 24.6 Å². The van der Waals surface area contributed by atoms with E-state index in [4.69, 9.17) is 4.74 Å². The number of benzene rings is 2. The normalized spacial score (nSPS) is 14.2. The molecule has 1 amide bonds. The molecule has 0 aliphatic carbocycles. The summed E-state index contributed by atoms with van der Waals surface area (Å²) in [4.78, 5) is 19.6. The molecule has 0 spiro atoms. The average Bonchev–Trinajstić information content (AvgIpc) is 2.93. The second-order valence-corrected chi connectivity index (χ2v) is 9.38. The summed E-state index contributed by atoms with van der Waals surface area (Å²) in [7, 11) is 1.59. The zero-order valence-corrected chi connectivity index (χ0v) is 21.2. The maximum Gasteiger partial charge on any atom is 0.416 e. The number of aromatic nitrogens is 3. The van der Waals surface area contributed by atoms with Gasteiger partial charge in [-0.1, -0.05) is 19.1 Å². The number of nitrogens with zero attached hydrogens (tertiary/aromatic N) is 4. The minimum absolute atomic E-state index is 0.132. The third-order valence-electron chi connectivity index (χ3n) is 6.90. The molecular formula is C29H24F4N4O2. The van der Waals surface area contributed by atoms with Gasteiger partial charge in [0.1, 0.15) is 17.3 Å². The van der Waals surface area contributed by atoms with Crippen LogP contribution in [0.1, 0.15) is 51.0 Å². The molecule has 5 rings (SSSR count). The Balaban J connectivity index is 1.42. The van der Waals surface area contributed by atoms with Gasteiger partial charge in [0.15, 0.2) is 0 Å². The van der Waals surface area contributed by atoms with Crippen molar-refractivity contribution in [2.45, 2.75) is 32.0 Å². The monoisotopic (exact) mass is 536 g/mol. The third-order valence-corrected chi connectivity index (χ3v) is 6.90. The molecule has 2 aromatic heterocycles. The highest BCUT2D eigenvalue weighted by Gasteiger charge is 2.32. The van der Waals surface area contributed by atoms with E-state index in [-0.39, 0.29) is 11.5 Å². The van der Waals surface area contributed by atoms with Crippen LogP contribution in [0.4, 0.5) is 17.6 Å². The van der Waals surface area contributed by atoms with Crippen molar-refractivity contribution in [1.82, 2.24) is 20.1 Å². The highest BCUT2D eigenvalue weighted by molar-refractivity contribution is 5.98. The highest BCUT2D eigenvalue weighted by Crippen LogP contribution is 2.35. The molecule has 39 heavy (non-hydrogen) atoms. The predicted octanol–water partition coefficient (Wildman–Crippen LogP) is 6.06. The highest BCUT2D eigenvalue weighted by atomic mass is 19.4. The third kappa shape index (κ3) is 5.45. The van der Waals surface area contributed by atoms with Gasteiger partial charge in [-0.2, -0.15) is 18.3 Å². The molecule has 3 heterocycles. The SMILES string of the molecule is COc1ccc(CN2CCc3c(ccnc3-c3cc(C(C)c4cc(F)cc(C(F)(F)F)c4)cnn3)C2=O)cc1. The van der Waals surface area contributed by atoms with Crippen LogP contribution in [0, 0.1) is 5.82 Å². The number of pyridine rings is 1. The predicted molar refractivity (Wildman–Crippen MR) is 136 cm³/mol. The lowest BCUT2D eigenvalue weighted by Crippen LogP contribution is -2.37. The number of hydrogen-bond acceptors (Lipinski definition) is 5. The Morgan fingerprint density at radius 3 is 2.54 bits per heavy atom. The molecule has 10 heteroatoms. The lowest BCUT2D eigenvalue weighted by molar-refractivity contribution is -0.137. The number of carbonyl (C=O) groups is 1. The molecule has 1 atom stereocenters. The van der Waals surface area contributed by atoms with Crippen molar-refractivity contribution in [3.05, 3.63) is 106 Å². The first-order chi connectivity index (χ1) is 18.6. The molecule has 0 radical (unpaired) electrons. The van der Waals surface area contributed by atoms with Crippen LogP contribution in [0.2, 0.25) is 0 Å². The minimum Gasteiger partial charge on any atom is -0.497 e. The van der Waals surface area contributed by atoms with Gasteiger partial charge in [-0.3, -0.25) is 9.78 Å². The zero-order chi connectivity index (χ0) is 27.7. The summed E-state index contributed by atoms with van der Waals surface area (Å²) in [6.45, 7) is 2.59. The Kier molecular flexibility index (Phi) is 7.03. The number of methoxy groups -OCH3 is 1. The molecule has 0 saturated carbocycles. The van der Waals surface area contributed by atoms with Crippen molar-refractivity contribution >= 4 is 5.91 Å². The largest absolute Gasteiger partial charge is 0.497 e. The average molecular weight is 537 g/mol. The van der Waals surface area contributed by atoms with Crippen molar-refractivity contribution < 1.29 is 27.1 Å². The number of rotatable bonds is 6. The summed E-state index contributed by atoms with van der Waals surface area (Å²) in [5.74, 6) is -0.962. The number of hydrogen-bond donors (Lipinski definition) is 0. The van der Waals surface area contributed by atoms with Crippen molar-refractivity contribution in [3.8, 4) is 17.1 Å². The van der Waals surface area contributed by atoms with Crippen molar-refractivity contribution in [2.24, 2.45) is 0 Å².